The number of piperazine rings is 1. The molecule has 3 N–H and O–H groups in total. The van der Waals surface area contributed by atoms with Crippen LogP contribution in [-0.4, -0.2) is 58.9 Å². The second-order valence-corrected chi connectivity index (χ2v) is 8.20. The monoisotopic (exact) mass is 401 g/mol. The summed E-state index contributed by atoms with van der Waals surface area (Å²) in [4.78, 5) is 32.8. The van der Waals surface area contributed by atoms with E-state index in [9.17, 15) is 9.59 Å². The number of thiazole rings is 1. The molecule has 1 aromatic heterocycles. The molecule has 1 aliphatic heterocycles. The van der Waals surface area contributed by atoms with Crippen LogP contribution >= 0.6 is 11.3 Å². The summed E-state index contributed by atoms with van der Waals surface area (Å²) in [7, 11) is 0. The first-order valence-electron chi connectivity index (χ1n) is 9.51. The molecule has 8 heteroatoms. The standard InChI is InChI=1S/C20H27N5O2S/c1-14(2)17(23-20(21)27)19(26)25-10-8-24(9-11-25)12-16-13-28-18(22-16)15-6-4-3-5-7-15/h3-7,13-14,17H,8-12H2,1-2H3,(H3,21,23,27). The molecule has 3 amide bonds. The van der Waals surface area contributed by atoms with E-state index >= 15 is 0 Å². The number of aromatic nitrogens is 1. The van der Waals surface area contributed by atoms with Crippen LogP contribution < -0.4 is 11.1 Å². The molecule has 1 fully saturated rings. The number of amides is 3. The molecule has 2 aromatic rings. The minimum absolute atomic E-state index is 0.00977. The van der Waals surface area contributed by atoms with Crippen LogP contribution in [0.5, 0.6) is 0 Å². The maximum atomic E-state index is 12.7. The van der Waals surface area contributed by atoms with Gasteiger partial charge in [0.05, 0.1) is 5.69 Å². The van der Waals surface area contributed by atoms with Crippen LogP contribution in [0.2, 0.25) is 0 Å². The summed E-state index contributed by atoms with van der Waals surface area (Å²) < 4.78 is 0. The van der Waals surface area contributed by atoms with Gasteiger partial charge in [0.2, 0.25) is 5.91 Å². The van der Waals surface area contributed by atoms with Crippen molar-refractivity contribution in [2.45, 2.75) is 26.4 Å². The minimum atomic E-state index is -0.663. The zero-order valence-corrected chi connectivity index (χ0v) is 17.1. The van der Waals surface area contributed by atoms with Crippen molar-refractivity contribution >= 4 is 23.3 Å². The van der Waals surface area contributed by atoms with E-state index in [1.54, 1.807) is 11.3 Å². The molecule has 2 heterocycles. The Balaban J connectivity index is 1.53. The number of hydrogen-bond donors (Lipinski definition) is 2. The molecule has 1 aromatic carbocycles. The van der Waals surface area contributed by atoms with Gasteiger partial charge in [-0.3, -0.25) is 9.69 Å². The van der Waals surface area contributed by atoms with Crippen LogP contribution in [-0.2, 0) is 11.3 Å². The van der Waals surface area contributed by atoms with Gasteiger partial charge in [0.25, 0.3) is 0 Å². The lowest BCUT2D eigenvalue weighted by Crippen LogP contribution is -2.57. The van der Waals surface area contributed by atoms with Crippen LogP contribution in [0.15, 0.2) is 35.7 Å². The van der Waals surface area contributed by atoms with E-state index in [0.717, 1.165) is 35.9 Å². The Labute approximate surface area is 169 Å². The molecule has 28 heavy (non-hydrogen) atoms. The first kappa shape index (κ1) is 20.3. The molecule has 3 rings (SSSR count). The third-order valence-corrected chi connectivity index (χ3v) is 5.81. The summed E-state index contributed by atoms with van der Waals surface area (Å²) in [6.07, 6.45) is 0. The second-order valence-electron chi connectivity index (χ2n) is 7.34. The fourth-order valence-electron chi connectivity index (χ4n) is 3.31. The number of urea groups is 1. The maximum Gasteiger partial charge on any atom is 0.312 e. The summed E-state index contributed by atoms with van der Waals surface area (Å²) in [5, 5.41) is 5.70. The number of nitrogens with zero attached hydrogens (tertiary/aromatic N) is 3. The molecule has 0 spiro atoms. The lowest BCUT2D eigenvalue weighted by molar-refractivity contribution is -0.136. The van der Waals surface area contributed by atoms with Gasteiger partial charge in [-0.25, -0.2) is 9.78 Å². The topological polar surface area (TPSA) is 91.6 Å². The van der Waals surface area contributed by atoms with Gasteiger partial charge in [-0.1, -0.05) is 44.2 Å². The highest BCUT2D eigenvalue weighted by molar-refractivity contribution is 7.13. The number of carbonyl (C=O) groups is 2. The number of benzene rings is 1. The first-order valence-corrected chi connectivity index (χ1v) is 10.4. The summed E-state index contributed by atoms with van der Waals surface area (Å²) in [6.45, 7) is 7.42. The van der Waals surface area contributed by atoms with Crippen LogP contribution in [0.25, 0.3) is 10.6 Å². The van der Waals surface area contributed by atoms with Crippen LogP contribution in [0.1, 0.15) is 19.5 Å². The molecular formula is C20H27N5O2S. The van der Waals surface area contributed by atoms with Gasteiger partial charge in [0, 0.05) is 43.7 Å². The molecule has 0 radical (unpaired) electrons. The predicted molar refractivity (Wildman–Crippen MR) is 111 cm³/mol. The predicted octanol–water partition coefficient (Wildman–Crippen LogP) is 2.15. The Hall–Kier alpha value is -2.45. The Morgan fingerprint density at radius 2 is 1.86 bits per heavy atom. The zero-order chi connectivity index (χ0) is 20.1. The molecule has 1 unspecified atom stereocenters. The Morgan fingerprint density at radius 3 is 2.46 bits per heavy atom. The fourth-order valence-corrected chi connectivity index (χ4v) is 4.13. The summed E-state index contributed by atoms with van der Waals surface area (Å²) in [6, 6.07) is 8.94. The van der Waals surface area contributed by atoms with E-state index in [1.807, 2.05) is 36.9 Å². The van der Waals surface area contributed by atoms with Crippen molar-refractivity contribution in [3.63, 3.8) is 0 Å². The van der Waals surface area contributed by atoms with Crippen molar-refractivity contribution in [3.05, 3.63) is 41.4 Å². The van der Waals surface area contributed by atoms with Crippen LogP contribution in [0.3, 0.4) is 0 Å². The molecule has 0 saturated carbocycles. The lowest BCUT2D eigenvalue weighted by Gasteiger charge is -2.36. The van der Waals surface area contributed by atoms with Crippen molar-refractivity contribution in [3.8, 4) is 10.6 Å². The molecule has 150 valence electrons. The van der Waals surface area contributed by atoms with Crippen LogP contribution in [0, 0.1) is 5.92 Å². The quantitative estimate of drug-likeness (QED) is 0.776. The molecule has 7 nitrogen and oxygen atoms in total. The molecule has 0 bridgehead atoms. The molecule has 0 aliphatic carbocycles. The molecular weight excluding hydrogens is 374 g/mol. The highest BCUT2D eigenvalue weighted by atomic mass is 32.1. The van der Waals surface area contributed by atoms with Crippen molar-refractivity contribution in [2.75, 3.05) is 26.2 Å². The van der Waals surface area contributed by atoms with Gasteiger partial charge in [-0.15, -0.1) is 11.3 Å². The molecule has 1 aliphatic rings. The largest absolute Gasteiger partial charge is 0.352 e. The van der Waals surface area contributed by atoms with Gasteiger partial charge < -0.3 is 16.0 Å². The van der Waals surface area contributed by atoms with Crippen molar-refractivity contribution in [2.24, 2.45) is 11.7 Å². The number of nitrogens with one attached hydrogen (secondary N) is 1. The first-order chi connectivity index (χ1) is 13.4. The minimum Gasteiger partial charge on any atom is -0.352 e. The van der Waals surface area contributed by atoms with Crippen molar-refractivity contribution in [1.82, 2.24) is 20.1 Å². The third-order valence-electron chi connectivity index (χ3n) is 4.87. The fraction of sp³-hybridized carbons (Fsp3) is 0.450. The Morgan fingerprint density at radius 1 is 1.18 bits per heavy atom. The van der Waals surface area contributed by atoms with Gasteiger partial charge in [0.15, 0.2) is 0 Å². The van der Waals surface area contributed by atoms with E-state index in [1.165, 1.54) is 0 Å². The average Bonchev–Trinajstić information content (AvgIpc) is 3.15. The van der Waals surface area contributed by atoms with E-state index in [0.29, 0.717) is 13.1 Å². The Kier molecular flexibility index (Phi) is 6.64. The van der Waals surface area contributed by atoms with Crippen LogP contribution in [0.4, 0.5) is 4.79 Å². The molecule has 1 atom stereocenters. The SMILES string of the molecule is CC(C)C(NC(N)=O)C(=O)N1CCN(Cc2csc(-c3ccccc3)n2)CC1. The van der Waals surface area contributed by atoms with Crippen molar-refractivity contribution < 1.29 is 9.59 Å². The zero-order valence-electron chi connectivity index (χ0n) is 16.3. The average molecular weight is 402 g/mol. The summed E-state index contributed by atoms with van der Waals surface area (Å²) in [5.74, 6) is -0.0714. The highest BCUT2D eigenvalue weighted by Gasteiger charge is 2.30. The number of rotatable bonds is 6. The second kappa shape index (κ2) is 9.16. The highest BCUT2D eigenvalue weighted by Crippen LogP contribution is 2.24. The summed E-state index contributed by atoms with van der Waals surface area (Å²) in [5.41, 5.74) is 7.41. The van der Waals surface area contributed by atoms with E-state index < -0.39 is 12.1 Å². The molecule has 1 saturated heterocycles. The lowest BCUT2D eigenvalue weighted by atomic mass is 10.0. The van der Waals surface area contributed by atoms with Gasteiger partial charge in [0.1, 0.15) is 11.0 Å². The smallest absolute Gasteiger partial charge is 0.312 e. The van der Waals surface area contributed by atoms with E-state index in [-0.39, 0.29) is 11.8 Å². The van der Waals surface area contributed by atoms with E-state index in [2.05, 4.69) is 27.7 Å². The maximum absolute atomic E-state index is 12.7. The summed E-state index contributed by atoms with van der Waals surface area (Å²) >= 11 is 1.66. The van der Waals surface area contributed by atoms with Gasteiger partial charge in [-0.2, -0.15) is 0 Å². The number of hydrogen-bond acceptors (Lipinski definition) is 5. The number of nitrogens with two attached hydrogens (primary N) is 1. The normalized spacial score (nSPS) is 16.2. The third kappa shape index (κ3) is 5.08. The Bertz CT molecular complexity index is 800. The van der Waals surface area contributed by atoms with Gasteiger partial charge in [-0.05, 0) is 5.92 Å². The van der Waals surface area contributed by atoms with E-state index in [4.69, 9.17) is 10.7 Å². The number of primary amides is 1. The van der Waals surface area contributed by atoms with Crippen molar-refractivity contribution in [1.29, 1.82) is 0 Å². The number of carbonyl (C=O) groups excluding carboxylic acids is 2. The van der Waals surface area contributed by atoms with Gasteiger partial charge >= 0.3 is 6.03 Å².